The second-order valence-electron chi connectivity index (χ2n) is 6.43. The summed E-state index contributed by atoms with van der Waals surface area (Å²) in [6, 6.07) is 11.6. The molecular weight excluding hydrogens is 260 g/mol. The van der Waals surface area contributed by atoms with Crippen LogP contribution in [0.25, 0.3) is 10.9 Å². The second-order valence-corrected chi connectivity index (χ2v) is 6.43. The summed E-state index contributed by atoms with van der Waals surface area (Å²) in [5.41, 5.74) is 3.44. The summed E-state index contributed by atoms with van der Waals surface area (Å²) in [6.45, 7) is 4.00. The maximum absolute atomic E-state index is 6.02. The average molecular weight is 282 g/mol. The number of hydrogen-bond acceptors (Lipinski definition) is 3. The Kier molecular flexibility index (Phi) is 3.40. The molecule has 3 nitrogen and oxygen atoms in total. The number of pyridine rings is 1. The lowest BCUT2D eigenvalue weighted by atomic mass is 9.94. The molecule has 2 fully saturated rings. The number of aromatic nitrogens is 1. The largest absolute Gasteiger partial charge is 0.373 e. The lowest BCUT2D eigenvalue weighted by Gasteiger charge is -2.20. The molecule has 0 amide bonds. The van der Waals surface area contributed by atoms with Crippen LogP contribution in [0.4, 0.5) is 0 Å². The van der Waals surface area contributed by atoms with Crippen molar-refractivity contribution in [3.63, 3.8) is 0 Å². The summed E-state index contributed by atoms with van der Waals surface area (Å²) in [4.78, 5) is 4.58. The maximum Gasteiger partial charge on any atom is 0.0866 e. The highest BCUT2D eigenvalue weighted by molar-refractivity contribution is 5.79. The zero-order valence-electron chi connectivity index (χ0n) is 12.5. The van der Waals surface area contributed by atoms with Crippen molar-refractivity contribution >= 4 is 10.9 Å². The minimum Gasteiger partial charge on any atom is -0.373 e. The van der Waals surface area contributed by atoms with E-state index in [1.54, 1.807) is 0 Å². The van der Waals surface area contributed by atoms with Gasteiger partial charge < -0.3 is 10.1 Å². The first-order chi connectivity index (χ1) is 10.3. The third-order valence-corrected chi connectivity index (χ3v) is 4.64. The Labute approximate surface area is 125 Å². The summed E-state index contributed by atoms with van der Waals surface area (Å²) < 4.78 is 6.02. The molecule has 0 bridgehead atoms. The van der Waals surface area contributed by atoms with E-state index in [1.165, 1.54) is 23.8 Å². The summed E-state index contributed by atoms with van der Waals surface area (Å²) in [7, 11) is 0. The monoisotopic (exact) mass is 282 g/mol. The van der Waals surface area contributed by atoms with Gasteiger partial charge in [0.05, 0.1) is 11.6 Å². The molecule has 110 valence electrons. The Balaban J connectivity index is 1.57. The molecule has 1 aromatic heterocycles. The summed E-state index contributed by atoms with van der Waals surface area (Å²) >= 11 is 0. The van der Waals surface area contributed by atoms with Crippen LogP contribution < -0.4 is 5.32 Å². The van der Waals surface area contributed by atoms with Gasteiger partial charge in [-0.15, -0.1) is 0 Å². The fourth-order valence-electron chi connectivity index (χ4n) is 3.24. The van der Waals surface area contributed by atoms with Crippen LogP contribution in [-0.4, -0.2) is 24.2 Å². The van der Waals surface area contributed by atoms with Crippen LogP contribution in [-0.2, 0) is 4.74 Å². The molecule has 2 aliphatic rings. The quantitative estimate of drug-likeness (QED) is 0.933. The molecule has 0 spiro atoms. The maximum atomic E-state index is 6.02. The van der Waals surface area contributed by atoms with Crippen LogP contribution in [0.5, 0.6) is 0 Å². The molecule has 1 aliphatic carbocycles. The predicted molar refractivity (Wildman–Crippen MR) is 84.3 cm³/mol. The number of ether oxygens (including phenoxy) is 1. The van der Waals surface area contributed by atoms with Crippen molar-refractivity contribution in [2.75, 3.05) is 13.2 Å². The number of benzene rings is 1. The number of rotatable bonds is 4. The van der Waals surface area contributed by atoms with E-state index in [4.69, 9.17) is 4.74 Å². The Morgan fingerprint density at radius 1 is 1.19 bits per heavy atom. The van der Waals surface area contributed by atoms with E-state index in [1.807, 2.05) is 6.92 Å². The highest BCUT2D eigenvalue weighted by Crippen LogP contribution is 2.35. The Morgan fingerprint density at radius 3 is 2.95 bits per heavy atom. The zero-order chi connectivity index (χ0) is 14.2. The molecule has 2 heterocycles. The Bertz CT molecular complexity index is 651. The van der Waals surface area contributed by atoms with Crippen molar-refractivity contribution in [2.24, 2.45) is 5.92 Å². The molecule has 1 N–H and O–H groups in total. The van der Waals surface area contributed by atoms with Gasteiger partial charge in [0.15, 0.2) is 0 Å². The third-order valence-electron chi connectivity index (χ3n) is 4.64. The van der Waals surface area contributed by atoms with Crippen LogP contribution in [0, 0.1) is 12.8 Å². The van der Waals surface area contributed by atoms with Gasteiger partial charge in [0, 0.05) is 36.2 Å². The van der Waals surface area contributed by atoms with Gasteiger partial charge in [0.25, 0.3) is 0 Å². The fourth-order valence-corrected chi connectivity index (χ4v) is 3.24. The van der Waals surface area contributed by atoms with Gasteiger partial charge in [-0.2, -0.15) is 0 Å². The van der Waals surface area contributed by atoms with Crippen LogP contribution in [0.15, 0.2) is 30.3 Å². The van der Waals surface area contributed by atoms with Gasteiger partial charge in [-0.25, -0.2) is 0 Å². The van der Waals surface area contributed by atoms with Crippen LogP contribution in [0.3, 0.4) is 0 Å². The van der Waals surface area contributed by atoms with Crippen LogP contribution >= 0.6 is 0 Å². The first kappa shape index (κ1) is 13.2. The zero-order valence-corrected chi connectivity index (χ0v) is 12.5. The molecule has 2 unspecified atom stereocenters. The minimum absolute atomic E-state index is 0.238. The van der Waals surface area contributed by atoms with Crippen molar-refractivity contribution in [2.45, 2.75) is 38.3 Å². The van der Waals surface area contributed by atoms with E-state index in [0.29, 0.717) is 5.92 Å². The molecule has 1 saturated heterocycles. The average Bonchev–Trinajstić information content (AvgIpc) is 3.21. The summed E-state index contributed by atoms with van der Waals surface area (Å²) in [6.07, 6.45) is 4.09. The molecule has 21 heavy (non-hydrogen) atoms. The van der Waals surface area contributed by atoms with Crippen LogP contribution in [0.1, 0.15) is 36.6 Å². The van der Waals surface area contributed by atoms with Crippen molar-refractivity contribution in [3.05, 3.63) is 41.6 Å². The van der Waals surface area contributed by atoms with E-state index < -0.39 is 0 Å². The molecular formula is C18H22N2O. The van der Waals surface area contributed by atoms with E-state index in [9.17, 15) is 0 Å². The highest BCUT2D eigenvalue weighted by Gasteiger charge is 2.31. The van der Waals surface area contributed by atoms with Gasteiger partial charge in [0.2, 0.25) is 0 Å². The van der Waals surface area contributed by atoms with Gasteiger partial charge >= 0.3 is 0 Å². The Morgan fingerprint density at radius 2 is 2.10 bits per heavy atom. The second kappa shape index (κ2) is 5.39. The first-order valence-corrected chi connectivity index (χ1v) is 8.02. The molecule has 4 rings (SSSR count). The number of nitrogens with zero attached hydrogens (tertiary/aromatic N) is 1. The summed E-state index contributed by atoms with van der Waals surface area (Å²) in [5, 5.41) is 4.86. The molecule has 1 aliphatic heterocycles. The predicted octanol–water partition coefficient (Wildman–Crippen LogP) is 3.37. The summed E-state index contributed by atoms with van der Waals surface area (Å²) in [5.74, 6) is 0.599. The van der Waals surface area contributed by atoms with Crippen molar-refractivity contribution < 1.29 is 4.74 Å². The van der Waals surface area contributed by atoms with E-state index in [-0.39, 0.29) is 6.10 Å². The third kappa shape index (κ3) is 2.81. The number of fused-ring (bicyclic) bond motifs is 1. The van der Waals surface area contributed by atoms with Crippen LogP contribution in [0.2, 0.25) is 0 Å². The van der Waals surface area contributed by atoms with E-state index in [2.05, 4.69) is 40.6 Å². The van der Waals surface area contributed by atoms with Crippen molar-refractivity contribution in [1.29, 1.82) is 0 Å². The SMILES string of the molecule is Cc1ccc2cc(C3OCCC3CNC3CC3)ccc2n1. The molecule has 0 radical (unpaired) electrons. The van der Waals surface area contributed by atoms with Gasteiger partial charge in [-0.1, -0.05) is 12.1 Å². The highest BCUT2D eigenvalue weighted by atomic mass is 16.5. The Hall–Kier alpha value is -1.45. The fraction of sp³-hybridized carbons (Fsp3) is 0.500. The van der Waals surface area contributed by atoms with Gasteiger partial charge in [-0.05, 0) is 49.9 Å². The molecule has 1 aromatic carbocycles. The minimum atomic E-state index is 0.238. The topological polar surface area (TPSA) is 34.1 Å². The molecule has 2 aromatic rings. The van der Waals surface area contributed by atoms with Crippen molar-refractivity contribution in [1.82, 2.24) is 10.3 Å². The van der Waals surface area contributed by atoms with Gasteiger partial charge in [0.1, 0.15) is 0 Å². The number of nitrogens with one attached hydrogen (secondary N) is 1. The van der Waals surface area contributed by atoms with E-state index >= 15 is 0 Å². The lowest BCUT2D eigenvalue weighted by molar-refractivity contribution is 0.0905. The van der Waals surface area contributed by atoms with Crippen molar-refractivity contribution in [3.8, 4) is 0 Å². The van der Waals surface area contributed by atoms with E-state index in [0.717, 1.165) is 36.8 Å². The molecule has 2 atom stereocenters. The number of hydrogen-bond donors (Lipinski definition) is 1. The van der Waals surface area contributed by atoms with Gasteiger partial charge in [-0.3, -0.25) is 4.98 Å². The lowest BCUT2D eigenvalue weighted by Crippen LogP contribution is -2.26. The normalized spacial score (nSPS) is 25.6. The first-order valence-electron chi connectivity index (χ1n) is 8.02. The molecule has 1 saturated carbocycles. The standard InChI is InChI=1S/C18H22N2O/c1-12-2-3-13-10-14(4-7-17(13)20-12)18-15(8-9-21-18)11-19-16-5-6-16/h2-4,7,10,15-16,18-19H,5-6,8-9,11H2,1H3. The number of aryl methyl sites for hydroxylation is 1. The molecule has 3 heteroatoms. The smallest absolute Gasteiger partial charge is 0.0866 e.